The normalized spacial score (nSPS) is 17.9. The fraction of sp³-hybridized carbons (Fsp3) is 0.407. The van der Waals surface area contributed by atoms with Gasteiger partial charge < -0.3 is 24.8 Å². The van der Waals surface area contributed by atoms with Crippen molar-refractivity contribution in [2.75, 3.05) is 6.54 Å². The maximum absolute atomic E-state index is 13.7. The van der Waals surface area contributed by atoms with Crippen LogP contribution in [-0.2, 0) is 14.3 Å². The summed E-state index contributed by atoms with van der Waals surface area (Å²) >= 11 is 5.85. The summed E-state index contributed by atoms with van der Waals surface area (Å²) in [5.74, 6) is -1.83. The van der Waals surface area contributed by atoms with Gasteiger partial charge in [0.15, 0.2) is 11.9 Å². The quantitative estimate of drug-likeness (QED) is 0.394. The van der Waals surface area contributed by atoms with Crippen LogP contribution in [0.25, 0.3) is 0 Å². The number of carbonyl (C=O) groups is 4. The van der Waals surface area contributed by atoms with Gasteiger partial charge >= 0.3 is 12.1 Å². The average Bonchev–Trinajstić information content (AvgIpc) is 2.79. The van der Waals surface area contributed by atoms with Crippen LogP contribution >= 0.6 is 11.6 Å². The van der Waals surface area contributed by atoms with E-state index in [1.165, 1.54) is 19.1 Å². The van der Waals surface area contributed by atoms with E-state index in [1.54, 1.807) is 52.8 Å². The molecule has 0 aromatic heterocycles. The standard InChI is InChI=1S/C27H30ClFN2O7/c1-14(32)15-8-10-20-17(11-15)22(31-24(34)16-7-9-19(29)18(28)12-16)23(27(5,6)37-20)36-25(35)30-13-21(33)38-26(2,3)4/h7-12,22-23H,13H2,1-6H3,(H,30,35)(H,31,34)/t22-,23-/m0/s1. The van der Waals surface area contributed by atoms with Crippen molar-refractivity contribution in [3.05, 3.63) is 63.9 Å². The van der Waals surface area contributed by atoms with E-state index in [9.17, 15) is 23.6 Å². The van der Waals surface area contributed by atoms with Gasteiger partial charge in [0.2, 0.25) is 0 Å². The molecular formula is C27H30ClFN2O7. The second-order valence-corrected chi connectivity index (χ2v) is 10.8. The van der Waals surface area contributed by atoms with E-state index in [2.05, 4.69) is 10.6 Å². The molecule has 0 aliphatic carbocycles. The van der Waals surface area contributed by atoms with Crippen molar-refractivity contribution in [3.63, 3.8) is 0 Å². The third-order valence-corrected chi connectivity index (χ3v) is 5.90. The number of ketones is 1. The number of nitrogens with one attached hydrogen (secondary N) is 2. The van der Waals surface area contributed by atoms with E-state index in [1.807, 2.05) is 0 Å². The zero-order valence-electron chi connectivity index (χ0n) is 21.9. The molecule has 0 saturated heterocycles. The molecule has 1 aliphatic rings. The van der Waals surface area contributed by atoms with E-state index in [0.717, 1.165) is 6.07 Å². The summed E-state index contributed by atoms with van der Waals surface area (Å²) in [7, 11) is 0. The lowest BCUT2D eigenvalue weighted by molar-refractivity contribution is -0.153. The summed E-state index contributed by atoms with van der Waals surface area (Å²) in [5.41, 5.74) is -1.09. The summed E-state index contributed by atoms with van der Waals surface area (Å²) in [6.07, 6.45) is -2.07. The topological polar surface area (TPSA) is 120 Å². The van der Waals surface area contributed by atoms with Gasteiger partial charge in [-0.25, -0.2) is 9.18 Å². The lowest BCUT2D eigenvalue weighted by atomic mass is 9.85. The predicted molar refractivity (Wildman–Crippen MR) is 137 cm³/mol. The highest BCUT2D eigenvalue weighted by molar-refractivity contribution is 6.31. The van der Waals surface area contributed by atoms with Crippen LogP contribution in [0.1, 0.15) is 73.9 Å². The van der Waals surface area contributed by atoms with Gasteiger partial charge in [-0.15, -0.1) is 0 Å². The van der Waals surface area contributed by atoms with E-state index in [4.69, 9.17) is 25.8 Å². The van der Waals surface area contributed by atoms with E-state index in [-0.39, 0.29) is 16.4 Å². The highest BCUT2D eigenvalue weighted by Crippen LogP contribution is 2.42. The SMILES string of the molecule is CC(=O)c1ccc2c(c1)[C@H](NC(=O)c1ccc(F)c(Cl)c1)[C@H](OC(=O)NCC(=O)OC(C)(C)C)C(C)(C)O2. The number of esters is 1. The molecule has 38 heavy (non-hydrogen) atoms. The van der Waals surface area contributed by atoms with Crippen molar-refractivity contribution in [3.8, 4) is 5.75 Å². The molecule has 0 unspecified atom stereocenters. The molecule has 0 fully saturated rings. The Morgan fingerprint density at radius 3 is 2.34 bits per heavy atom. The maximum Gasteiger partial charge on any atom is 0.408 e. The van der Waals surface area contributed by atoms with Gasteiger partial charge in [0.05, 0.1) is 11.1 Å². The van der Waals surface area contributed by atoms with Crippen LogP contribution in [0.5, 0.6) is 5.75 Å². The lowest BCUT2D eigenvalue weighted by Crippen LogP contribution is -2.56. The fourth-order valence-electron chi connectivity index (χ4n) is 3.91. The number of ether oxygens (including phenoxy) is 3. The number of Topliss-reactive ketones (excluding diaryl/α,β-unsaturated/α-hetero) is 1. The van der Waals surface area contributed by atoms with Crippen LogP contribution < -0.4 is 15.4 Å². The molecule has 9 nitrogen and oxygen atoms in total. The Hall–Kier alpha value is -3.66. The third-order valence-electron chi connectivity index (χ3n) is 5.61. The van der Waals surface area contributed by atoms with Gasteiger partial charge in [-0.05, 0) is 77.9 Å². The monoisotopic (exact) mass is 548 g/mol. The number of alkyl carbamates (subject to hydrolysis) is 1. The fourth-order valence-corrected chi connectivity index (χ4v) is 4.09. The van der Waals surface area contributed by atoms with Crippen LogP contribution in [0.15, 0.2) is 36.4 Å². The van der Waals surface area contributed by atoms with Gasteiger partial charge in [0.1, 0.15) is 29.3 Å². The Kier molecular flexibility index (Phi) is 8.36. The Bertz CT molecular complexity index is 1270. The maximum atomic E-state index is 13.7. The van der Waals surface area contributed by atoms with Crippen LogP contribution in [0, 0.1) is 5.82 Å². The Morgan fingerprint density at radius 2 is 1.74 bits per heavy atom. The van der Waals surface area contributed by atoms with Crippen molar-refractivity contribution in [1.29, 1.82) is 0 Å². The number of hydrogen-bond acceptors (Lipinski definition) is 7. The molecule has 204 valence electrons. The van der Waals surface area contributed by atoms with E-state index < -0.39 is 53.7 Å². The molecule has 11 heteroatoms. The minimum atomic E-state index is -1.16. The number of amides is 2. The first-order valence-corrected chi connectivity index (χ1v) is 12.2. The Balaban J connectivity index is 1.93. The van der Waals surface area contributed by atoms with E-state index >= 15 is 0 Å². The summed E-state index contributed by atoms with van der Waals surface area (Å²) < 4.78 is 30.6. The second kappa shape index (κ2) is 11.0. The molecular weight excluding hydrogens is 519 g/mol. The average molecular weight is 549 g/mol. The Morgan fingerprint density at radius 1 is 1.08 bits per heavy atom. The second-order valence-electron chi connectivity index (χ2n) is 10.4. The first-order valence-electron chi connectivity index (χ1n) is 11.8. The van der Waals surface area contributed by atoms with Crippen molar-refractivity contribution >= 4 is 35.4 Å². The number of fused-ring (bicyclic) bond motifs is 1. The predicted octanol–water partition coefficient (Wildman–Crippen LogP) is 4.76. The van der Waals surface area contributed by atoms with Crippen molar-refractivity contribution in [2.24, 2.45) is 0 Å². The summed E-state index contributed by atoms with van der Waals surface area (Å²) in [4.78, 5) is 50.0. The number of benzene rings is 2. The molecule has 0 bridgehead atoms. The van der Waals surface area contributed by atoms with Gasteiger partial charge in [-0.3, -0.25) is 14.4 Å². The first kappa shape index (κ1) is 28.9. The van der Waals surface area contributed by atoms with Crippen molar-refractivity contribution in [2.45, 2.75) is 64.9 Å². The van der Waals surface area contributed by atoms with Gasteiger partial charge in [0.25, 0.3) is 5.91 Å². The molecule has 0 radical (unpaired) electrons. The number of halogens is 2. The smallest absolute Gasteiger partial charge is 0.408 e. The first-order chi connectivity index (χ1) is 17.6. The summed E-state index contributed by atoms with van der Waals surface area (Å²) in [6.45, 7) is 9.35. The summed E-state index contributed by atoms with van der Waals surface area (Å²) in [5, 5.41) is 4.91. The summed E-state index contributed by atoms with van der Waals surface area (Å²) in [6, 6.07) is 7.24. The number of rotatable bonds is 6. The number of carbonyl (C=O) groups excluding carboxylic acids is 4. The van der Waals surface area contributed by atoms with Gasteiger partial charge in [-0.1, -0.05) is 11.6 Å². The van der Waals surface area contributed by atoms with Gasteiger partial charge in [-0.2, -0.15) is 0 Å². The van der Waals surface area contributed by atoms with Crippen molar-refractivity contribution < 1.29 is 37.8 Å². The Labute approximate surface area is 225 Å². The molecule has 0 saturated carbocycles. The highest BCUT2D eigenvalue weighted by Gasteiger charge is 2.47. The number of hydrogen-bond donors (Lipinski definition) is 2. The molecule has 3 rings (SSSR count). The van der Waals surface area contributed by atoms with Crippen LogP contribution in [0.2, 0.25) is 5.02 Å². The zero-order valence-corrected chi connectivity index (χ0v) is 22.7. The molecule has 1 heterocycles. The van der Waals surface area contributed by atoms with Crippen molar-refractivity contribution in [1.82, 2.24) is 10.6 Å². The minimum absolute atomic E-state index is 0.0677. The van der Waals surface area contributed by atoms with Gasteiger partial charge in [0, 0.05) is 16.7 Å². The lowest BCUT2D eigenvalue weighted by Gasteiger charge is -2.44. The molecule has 2 aromatic carbocycles. The molecule has 2 amide bonds. The van der Waals surface area contributed by atoms with Crippen LogP contribution in [0.4, 0.5) is 9.18 Å². The highest BCUT2D eigenvalue weighted by atomic mass is 35.5. The largest absolute Gasteiger partial charge is 0.484 e. The van der Waals surface area contributed by atoms with Crippen LogP contribution in [0.3, 0.4) is 0 Å². The molecule has 1 aliphatic heterocycles. The molecule has 0 spiro atoms. The zero-order chi connectivity index (χ0) is 28.4. The molecule has 2 N–H and O–H groups in total. The van der Waals surface area contributed by atoms with Crippen LogP contribution in [-0.4, -0.2) is 47.6 Å². The third kappa shape index (κ3) is 7.00. The molecule has 2 atom stereocenters. The molecule has 2 aromatic rings. The minimum Gasteiger partial charge on any atom is -0.484 e. The van der Waals surface area contributed by atoms with E-state index in [0.29, 0.717) is 16.9 Å².